The molecule has 1 atom stereocenters. The van der Waals surface area contributed by atoms with Crippen molar-refractivity contribution in [2.75, 3.05) is 13.2 Å². The van der Waals surface area contributed by atoms with E-state index in [2.05, 4.69) is 50.4 Å². The first-order valence-corrected chi connectivity index (χ1v) is 5.59. The highest BCUT2D eigenvalue weighted by molar-refractivity contribution is 5.26. The second-order valence-corrected chi connectivity index (χ2v) is 4.22. The number of rotatable bonds is 5. The first-order chi connectivity index (χ1) is 7.15. The van der Waals surface area contributed by atoms with Gasteiger partial charge in [0.15, 0.2) is 0 Å². The Morgan fingerprint density at radius 1 is 1.07 bits per heavy atom. The van der Waals surface area contributed by atoms with Gasteiger partial charge in [-0.05, 0) is 24.0 Å². The van der Waals surface area contributed by atoms with Crippen LogP contribution in [-0.2, 0) is 0 Å². The molecule has 2 N–H and O–H groups in total. The van der Waals surface area contributed by atoms with E-state index in [1.807, 2.05) is 0 Å². The molecule has 0 saturated carbocycles. The molecule has 2 nitrogen and oxygen atoms in total. The van der Waals surface area contributed by atoms with Crippen LogP contribution in [0.25, 0.3) is 0 Å². The molecule has 0 bridgehead atoms. The van der Waals surface area contributed by atoms with Gasteiger partial charge in [-0.3, -0.25) is 0 Å². The van der Waals surface area contributed by atoms with Crippen LogP contribution >= 0.6 is 0 Å². The van der Waals surface area contributed by atoms with Crippen molar-refractivity contribution < 1.29 is 5.11 Å². The minimum Gasteiger partial charge on any atom is -0.395 e. The Bertz CT molecular complexity index is 279. The van der Waals surface area contributed by atoms with E-state index in [0.29, 0.717) is 18.5 Å². The van der Waals surface area contributed by atoms with Crippen molar-refractivity contribution >= 4 is 0 Å². The Kier molecular flexibility index (Phi) is 4.79. The van der Waals surface area contributed by atoms with Crippen molar-refractivity contribution in [3.05, 3.63) is 35.4 Å². The number of benzene rings is 1. The van der Waals surface area contributed by atoms with Gasteiger partial charge in [-0.25, -0.2) is 0 Å². The van der Waals surface area contributed by atoms with E-state index in [0.717, 1.165) is 0 Å². The van der Waals surface area contributed by atoms with Gasteiger partial charge in [-0.15, -0.1) is 0 Å². The third-order valence-corrected chi connectivity index (χ3v) is 2.67. The van der Waals surface area contributed by atoms with E-state index < -0.39 is 0 Å². The summed E-state index contributed by atoms with van der Waals surface area (Å²) in [5.74, 6) is 0.583. The quantitative estimate of drug-likeness (QED) is 0.777. The van der Waals surface area contributed by atoms with Gasteiger partial charge in [0.25, 0.3) is 0 Å². The molecular formula is C13H21NO. The fourth-order valence-electron chi connectivity index (χ4n) is 1.57. The van der Waals surface area contributed by atoms with Crippen LogP contribution in [0.3, 0.4) is 0 Å². The predicted molar refractivity (Wildman–Crippen MR) is 64.0 cm³/mol. The van der Waals surface area contributed by atoms with Crippen LogP contribution in [0.4, 0.5) is 0 Å². The first kappa shape index (κ1) is 12.2. The Hall–Kier alpha value is -0.860. The number of aliphatic hydroxyl groups excluding tert-OH is 1. The molecular weight excluding hydrogens is 186 g/mol. The van der Waals surface area contributed by atoms with Gasteiger partial charge in [-0.2, -0.15) is 0 Å². The molecule has 0 radical (unpaired) electrons. The summed E-state index contributed by atoms with van der Waals surface area (Å²) in [6.07, 6.45) is 0. The van der Waals surface area contributed by atoms with Crippen molar-refractivity contribution in [2.45, 2.75) is 32.7 Å². The summed E-state index contributed by atoms with van der Waals surface area (Å²) < 4.78 is 0. The van der Waals surface area contributed by atoms with Gasteiger partial charge >= 0.3 is 0 Å². The smallest absolute Gasteiger partial charge is 0.0556 e. The fourth-order valence-corrected chi connectivity index (χ4v) is 1.57. The molecule has 0 spiro atoms. The van der Waals surface area contributed by atoms with Crippen molar-refractivity contribution in [1.29, 1.82) is 0 Å². The second-order valence-electron chi connectivity index (χ2n) is 4.22. The maximum Gasteiger partial charge on any atom is 0.0556 e. The summed E-state index contributed by atoms with van der Waals surface area (Å²) in [7, 11) is 0. The zero-order valence-electron chi connectivity index (χ0n) is 9.83. The monoisotopic (exact) mass is 207 g/mol. The highest BCUT2D eigenvalue weighted by Crippen LogP contribution is 2.18. The predicted octanol–water partition coefficient (Wildman–Crippen LogP) is 2.45. The molecule has 0 aromatic heterocycles. The molecule has 1 rings (SSSR count). The van der Waals surface area contributed by atoms with Crippen LogP contribution in [0.2, 0.25) is 0 Å². The Balaban J connectivity index is 2.62. The number of hydrogen-bond acceptors (Lipinski definition) is 2. The van der Waals surface area contributed by atoms with Crippen LogP contribution < -0.4 is 5.32 Å². The summed E-state index contributed by atoms with van der Waals surface area (Å²) in [5.41, 5.74) is 2.64. The minimum absolute atomic E-state index is 0.189. The maximum absolute atomic E-state index is 8.72. The third-order valence-electron chi connectivity index (χ3n) is 2.67. The highest BCUT2D eigenvalue weighted by atomic mass is 16.3. The first-order valence-electron chi connectivity index (χ1n) is 5.59. The van der Waals surface area contributed by atoms with E-state index in [-0.39, 0.29) is 6.61 Å². The fraction of sp³-hybridized carbons (Fsp3) is 0.538. The molecule has 1 aromatic carbocycles. The Morgan fingerprint density at radius 2 is 1.60 bits per heavy atom. The molecule has 0 fully saturated rings. The molecule has 15 heavy (non-hydrogen) atoms. The lowest BCUT2D eigenvalue weighted by atomic mass is 10.00. The van der Waals surface area contributed by atoms with Gasteiger partial charge in [0.2, 0.25) is 0 Å². The number of hydrogen-bond donors (Lipinski definition) is 2. The summed E-state index contributed by atoms with van der Waals surface area (Å²) in [6, 6.07) is 8.97. The molecule has 0 heterocycles. The Labute approximate surface area is 92.3 Å². The van der Waals surface area contributed by atoms with E-state index in [9.17, 15) is 0 Å². The van der Waals surface area contributed by atoms with E-state index in [1.165, 1.54) is 11.1 Å². The average Bonchev–Trinajstić information content (AvgIpc) is 2.26. The average molecular weight is 207 g/mol. The number of nitrogens with one attached hydrogen (secondary N) is 1. The molecule has 0 saturated heterocycles. The topological polar surface area (TPSA) is 32.3 Å². The van der Waals surface area contributed by atoms with Gasteiger partial charge in [0, 0.05) is 12.6 Å². The lowest BCUT2D eigenvalue weighted by Gasteiger charge is -2.14. The van der Waals surface area contributed by atoms with Gasteiger partial charge < -0.3 is 10.4 Å². The summed E-state index contributed by atoms with van der Waals surface area (Å²) in [4.78, 5) is 0. The number of aliphatic hydroxyl groups is 1. The minimum atomic E-state index is 0.189. The Morgan fingerprint density at radius 3 is 2.07 bits per heavy atom. The molecule has 2 heteroatoms. The molecule has 0 amide bonds. The van der Waals surface area contributed by atoms with Crippen LogP contribution in [0.15, 0.2) is 24.3 Å². The van der Waals surface area contributed by atoms with Crippen LogP contribution in [0.5, 0.6) is 0 Å². The zero-order valence-corrected chi connectivity index (χ0v) is 9.83. The SMILES string of the molecule is CC(C)c1ccc([C@H](C)NCCO)cc1. The van der Waals surface area contributed by atoms with Gasteiger partial charge in [0.1, 0.15) is 0 Å². The van der Waals surface area contributed by atoms with Gasteiger partial charge in [0.05, 0.1) is 6.61 Å². The summed E-state index contributed by atoms with van der Waals surface area (Å²) in [6.45, 7) is 7.34. The summed E-state index contributed by atoms with van der Waals surface area (Å²) in [5, 5.41) is 12.0. The lowest BCUT2D eigenvalue weighted by molar-refractivity contribution is 0.286. The van der Waals surface area contributed by atoms with Crippen molar-refractivity contribution in [3.8, 4) is 0 Å². The summed E-state index contributed by atoms with van der Waals surface area (Å²) >= 11 is 0. The van der Waals surface area contributed by atoms with E-state index in [4.69, 9.17) is 5.11 Å². The van der Waals surface area contributed by atoms with Crippen LogP contribution in [-0.4, -0.2) is 18.3 Å². The zero-order chi connectivity index (χ0) is 11.3. The van der Waals surface area contributed by atoms with Crippen LogP contribution in [0, 0.1) is 0 Å². The van der Waals surface area contributed by atoms with Gasteiger partial charge in [-0.1, -0.05) is 38.1 Å². The molecule has 1 aromatic rings. The van der Waals surface area contributed by atoms with Crippen molar-refractivity contribution in [2.24, 2.45) is 0 Å². The standard InChI is InChI=1S/C13H21NO/c1-10(2)12-4-6-13(7-5-12)11(3)14-8-9-15/h4-7,10-11,14-15H,8-9H2,1-3H3/t11-/m0/s1. The van der Waals surface area contributed by atoms with Crippen molar-refractivity contribution in [1.82, 2.24) is 5.32 Å². The molecule has 0 aliphatic rings. The molecule has 0 aliphatic heterocycles. The van der Waals surface area contributed by atoms with Crippen molar-refractivity contribution in [3.63, 3.8) is 0 Å². The maximum atomic E-state index is 8.72. The highest BCUT2D eigenvalue weighted by Gasteiger charge is 2.04. The largest absolute Gasteiger partial charge is 0.395 e. The third kappa shape index (κ3) is 3.65. The molecule has 84 valence electrons. The normalized spacial score (nSPS) is 13.1. The second kappa shape index (κ2) is 5.89. The lowest BCUT2D eigenvalue weighted by Crippen LogP contribution is -2.22. The molecule has 0 unspecified atom stereocenters. The van der Waals surface area contributed by atoms with E-state index in [1.54, 1.807) is 0 Å². The van der Waals surface area contributed by atoms with Crippen LogP contribution in [0.1, 0.15) is 43.9 Å². The van der Waals surface area contributed by atoms with E-state index >= 15 is 0 Å². The molecule has 0 aliphatic carbocycles.